The van der Waals surface area contributed by atoms with Gasteiger partial charge < -0.3 is 5.11 Å². The molecule has 0 saturated heterocycles. The fourth-order valence-corrected chi connectivity index (χ4v) is 3.15. The van der Waals surface area contributed by atoms with E-state index in [1.807, 2.05) is 48.5 Å². The summed E-state index contributed by atoms with van der Waals surface area (Å²) in [6.45, 7) is 0. The Morgan fingerprint density at radius 2 is 1.81 bits per heavy atom. The fourth-order valence-electron chi connectivity index (χ4n) is 2.66. The van der Waals surface area contributed by atoms with Crippen LogP contribution in [0.25, 0.3) is 28.3 Å². The van der Waals surface area contributed by atoms with Gasteiger partial charge in [0.1, 0.15) is 5.75 Å². The van der Waals surface area contributed by atoms with E-state index in [0.29, 0.717) is 27.9 Å². The van der Waals surface area contributed by atoms with Crippen LogP contribution < -0.4 is 0 Å². The highest BCUT2D eigenvalue weighted by Gasteiger charge is 2.15. The molecule has 2 aromatic heterocycles. The topological polar surface area (TPSA) is 63.3 Å². The first kappa shape index (κ1) is 16.2. The molecule has 0 aliphatic heterocycles. The summed E-state index contributed by atoms with van der Waals surface area (Å²) >= 11 is 1.37. The molecular weight excluding hydrogens is 344 g/mol. The minimum Gasteiger partial charge on any atom is -0.507 e. The van der Waals surface area contributed by atoms with Gasteiger partial charge in [-0.2, -0.15) is 9.50 Å². The molecule has 6 heteroatoms. The fraction of sp³-hybridized carbons (Fsp3) is 0.0500. The first-order valence-electron chi connectivity index (χ1n) is 7.94. The van der Waals surface area contributed by atoms with Crippen molar-refractivity contribution in [1.29, 1.82) is 0 Å². The molecular formula is C20H14N4OS. The zero-order valence-electron chi connectivity index (χ0n) is 13.7. The number of rotatable bonds is 4. The SMILES string of the molecule is C#CCSc1nc2nc(-c3ccccc3)cc(-c3ccccc3O)n2n1. The summed E-state index contributed by atoms with van der Waals surface area (Å²) in [6.07, 6.45) is 5.33. The van der Waals surface area contributed by atoms with Crippen molar-refractivity contribution in [3.8, 4) is 40.6 Å². The molecule has 0 aliphatic carbocycles. The van der Waals surface area contributed by atoms with E-state index < -0.39 is 0 Å². The first-order chi connectivity index (χ1) is 12.8. The van der Waals surface area contributed by atoms with Gasteiger partial charge in [0.05, 0.1) is 17.1 Å². The maximum Gasteiger partial charge on any atom is 0.254 e. The number of para-hydroxylation sites is 1. The van der Waals surface area contributed by atoms with Crippen LogP contribution in [0.1, 0.15) is 0 Å². The van der Waals surface area contributed by atoms with Crippen LogP contribution in [-0.4, -0.2) is 30.4 Å². The van der Waals surface area contributed by atoms with Crippen LogP contribution in [-0.2, 0) is 0 Å². The quantitative estimate of drug-likeness (QED) is 0.443. The van der Waals surface area contributed by atoms with Gasteiger partial charge in [0.2, 0.25) is 5.16 Å². The van der Waals surface area contributed by atoms with Crippen molar-refractivity contribution in [3.05, 3.63) is 60.7 Å². The number of benzene rings is 2. The molecule has 0 saturated carbocycles. The van der Waals surface area contributed by atoms with Crippen molar-refractivity contribution in [3.63, 3.8) is 0 Å². The second-order valence-corrected chi connectivity index (χ2v) is 6.45. The Hall–Kier alpha value is -3.30. The summed E-state index contributed by atoms with van der Waals surface area (Å²) in [4.78, 5) is 9.11. The van der Waals surface area contributed by atoms with Gasteiger partial charge in [-0.3, -0.25) is 0 Å². The second kappa shape index (κ2) is 6.90. The van der Waals surface area contributed by atoms with E-state index in [-0.39, 0.29) is 5.75 Å². The molecule has 0 spiro atoms. The van der Waals surface area contributed by atoms with E-state index in [1.165, 1.54) is 11.8 Å². The minimum atomic E-state index is 0.173. The van der Waals surface area contributed by atoms with Gasteiger partial charge in [0, 0.05) is 11.1 Å². The van der Waals surface area contributed by atoms with E-state index in [0.717, 1.165) is 11.3 Å². The van der Waals surface area contributed by atoms with Crippen LogP contribution in [0, 0.1) is 12.3 Å². The Morgan fingerprint density at radius 3 is 2.58 bits per heavy atom. The van der Waals surface area contributed by atoms with Crippen molar-refractivity contribution in [2.24, 2.45) is 0 Å². The second-order valence-electron chi connectivity index (χ2n) is 5.51. The third-order valence-corrected chi connectivity index (χ3v) is 4.57. The molecule has 0 unspecified atom stereocenters. The van der Waals surface area contributed by atoms with Crippen molar-refractivity contribution >= 4 is 17.5 Å². The van der Waals surface area contributed by atoms with Gasteiger partial charge in [-0.1, -0.05) is 60.1 Å². The predicted molar refractivity (Wildman–Crippen MR) is 103 cm³/mol. The standard InChI is InChI=1S/C20H14N4OS/c1-2-12-26-20-22-19-21-16(14-8-4-3-5-9-14)13-17(24(19)23-20)15-10-6-7-11-18(15)25/h1,3-11,13,25H,12H2. The number of aromatic hydroxyl groups is 1. The Balaban J connectivity index is 1.96. The molecule has 0 amide bonds. The molecule has 5 nitrogen and oxygen atoms in total. The number of phenolic OH excluding ortho intramolecular Hbond substituents is 1. The number of terminal acetylenes is 1. The molecule has 0 fully saturated rings. The summed E-state index contributed by atoms with van der Waals surface area (Å²) in [7, 11) is 0. The summed E-state index contributed by atoms with van der Waals surface area (Å²) in [5.74, 6) is 3.68. The lowest BCUT2D eigenvalue weighted by Crippen LogP contribution is -1.99. The van der Waals surface area contributed by atoms with E-state index in [4.69, 9.17) is 6.42 Å². The molecule has 2 aromatic carbocycles. The van der Waals surface area contributed by atoms with Gasteiger partial charge in [-0.25, -0.2) is 4.98 Å². The molecule has 0 bridgehead atoms. The lowest BCUT2D eigenvalue weighted by molar-refractivity contribution is 0.477. The first-order valence-corrected chi connectivity index (χ1v) is 8.92. The van der Waals surface area contributed by atoms with Crippen molar-refractivity contribution < 1.29 is 5.11 Å². The van der Waals surface area contributed by atoms with Gasteiger partial charge in [0.25, 0.3) is 5.78 Å². The summed E-state index contributed by atoms with van der Waals surface area (Å²) in [5.41, 5.74) is 3.10. The van der Waals surface area contributed by atoms with Crippen LogP contribution >= 0.6 is 11.8 Å². The zero-order valence-corrected chi connectivity index (χ0v) is 14.5. The Morgan fingerprint density at radius 1 is 1.04 bits per heavy atom. The van der Waals surface area contributed by atoms with Gasteiger partial charge >= 0.3 is 0 Å². The largest absolute Gasteiger partial charge is 0.507 e. The van der Waals surface area contributed by atoms with E-state index >= 15 is 0 Å². The van der Waals surface area contributed by atoms with Crippen LogP contribution in [0.2, 0.25) is 0 Å². The zero-order chi connectivity index (χ0) is 17.9. The average molecular weight is 358 g/mol. The monoisotopic (exact) mass is 358 g/mol. The molecule has 2 heterocycles. The Bertz CT molecular complexity index is 1120. The molecule has 26 heavy (non-hydrogen) atoms. The van der Waals surface area contributed by atoms with Crippen molar-refractivity contribution in [1.82, 2.24) is 19.6 Å². The number of nitrogens with zero attached hydrogens (tertiary/aromatic N) is 4. The maximum absolute atomic E-state index is 10.3. The summed E-state index contributed by atoms with van der Waals surface area (Å²) < 4.78 is 1.64. The van der Waals surface area contributed by atoms with Crippen LogP contribution in [0.3, 0.4) is 0 Å². The van der Waals surface area contributed by atoms with E-state index in [9.17, 15) is 5.11 Å². The lowest BCUT2D eigenvalue weighted by atomic mass is 10.1. The smallest absolute Gasteiger partial charge is 0.254 e. The number of thioether (sulfide) groups is 1. The normalized spacial score (nSPS) is 10.7. The van der Waals surface area contributed by atoms with Crippen molar-refractivity contribution in [2.45, 2.75) is 5.16 Å². The van der Waals surface area contributed by atoms with Crippen LogP contribution in [0.15, 0.2) is 65.8 Å². The molecule has 0 radical (unpaired) electrons. The number of phenols is 1. The van der Waals surface area contributed by atoms with E-state index in [2.05, 4.69) is 21.0 Å². The third kappa shape index (κ3) is 3.01. The molecule has 126 valence electrons. The molecule has 4 aromatic rings. The molecule has 4 rings (SSSR count). The Labute approximate surface area is 154 Å². The third-order valence-electron chi connectivity index (χ3n) is 3.83. The average Bonchev–Trinajstić information content (AvgIpc) is 3.10. The van der Waals surface area contributed by atoms with Crippen LogP contribution in [0.5, 0.6) is 5.75 Å². The minimum absolute atomic E-state index is 0.173. The van der Waals surface area contributed by atoms with Gasteiger partial charge in [0.15, 0.2) is 0 Å². The van der Waals surface area contributed by atoms with E-state index in [1.54, 1.807) is 16.6 Å². The highest BCUT2D eigenvalue weighted by molar-refractivity contribution is 7.99. The summed E-state index contributed by atoms with van der Waals surface area (Å²) in [6, 6.07) is 18.9. The van der Waals surface area contributed by atoms with Crippen molar-refractivity contribution in [2.75, 3.05) is 5.75 Å². The van der Waals surface area contributed by atoms with Crippen LogP contribution in [0.4, 0.5) is 0 Å². The number of aromatic nitrogens is 4. The Kier molecular flexibility index (Phi) is 4.30. The molecule has 1 N–H and O–H groups in total. The number of hydrogen-bond acceptors (Lipinski definition) is 5. The highest BCUT2D eigenvalue weighted by Crippen LogP contribution is 2.31. The predicted octanol–water partition coefficient (Wildman–Crippen LogP) is 3.89. The summed E-state index contributed by atoms with van der Waals surface area (Å²) in [5, 5.41) is 15.4. The molecule has 0 aliphatic rings. The maximum atomic E-state index is 10.3. The lowest BCUT2D eigenvalue weighted by Gasteiger charge is -2.09. The van der Waals surface area contributed by atoms with Gasteiger partial charge in [-0.05, 0) is 18.2 Å². The number of fused-ring (bicyclic) bond motifs is 1. The van der Waals surface area contributed by atoms with Gasteiger partial charge in [-0.15, -0.1) is 11.5 Å². The number of hydrogen-bond donors (Lipinski definition) is 1. The molecule has 0 atom stereocenters. The highest BCUT2D eigenvalue weighted by atomic mass is 32.2.